The van der Waals surface area contributed by atoms with Gasteiger partial charge in [-0.2, -0.15) is 5.01 Å². The molecule has 0 saturated heterocycles. The number of carbonyl (C=O) groups excluding carboxylic acids is 2. The standard InChI is InChI=1S/C19H18N2O6/c1-11(22)21-19(14-8-6-10-16(25-3)17(14)24)27-18(20-21)13-7-4-5-9-15(13)26-12(2)23/h4-10,19,24H,1-3H3/t19-/m1/s1. The number of ether oxygens (including phenoxy) is 3. The van der Waals surface area contributed by atoms with Crippen molar-refractivity contribution >= 4 is 17.8 Å². The molecule has 8 nitrogen and oxygen atoms in total. The van der Waals surface area contributed by atoms with Crippen LogP contribution in [0.25, 0.3) is 0 Å². The first-order valence-corrected chi connectivity index (χ1v) is 8.11. The summed E-state index contributed by atoms with van der Waals surface area (Å²) >= 11 is 0. The van der Waals surface area contributed by atoms with Crippen LogP contribution in [-0.2, 0) is 14.3 Å². The topological polar surface area (TPSA) is 97.7 Å². The predicted molar refractivity (Wildman–Crippen MR) is 95.3 cm³/mol. The van der Waals surface area contributed by atoms with Gasteiger partial charge in [-0.3, -0.25) is 9.59 Å². The molecule has 0 radical (unpaired) electrons. The van der Waals surface area contributed by atoms with Crippen LogP contribution < -0.4 is 9.47 Å². The van der Waals surface area contributed by atoms with Gasteiger partial charge in [-0.05, 0) is 24.3 Å². The average Bonchev–Trinajstić information content (AvgIpc) is 3.07. The molecule has 2 aromatic carbocycles. The van der Waals surface area contributed by atoms with Gasteiger partial charge in [0.15, 0.2) is 11.5 Å². The number of phenolic OH excluding ortho intramolecular Hbond substituents is 1. The second kappa shape index (κ2) is 7.36. The molecule has 0 unspecified atom stereocenters. The summed E-state index contributed by atoms with van der Waals surface area (Å²) in [6, 6.07) is 11.5. The molecule has 1 atom stereocenters. The van der Waals surface area contributed by atoms with Gasteiger partial charge in [0.1, 0.15) is 5.75 Å². The summed E-state index contributed by atoms with van der Waals surface area (Å²) < 4.78 is 16.2. The van der Waals surface area contributed by atoms with Crippen LogP contribution in [0, 0.1) is 0 Å². The van der Waals surface area contributed by atoms with Crippen molar-refractivity contribution in [3.8, 4) is 17.2 Å². The molecule has 1 heterocycles. The number of hydrazone groups is 1. The van der Waals surface area contributed by atoms with E-state index in [1.165, 1.54) is 21.0 Å². The third kappa shape index (κ3) is 3.55. The van der Waals surface area contributed by atoms with E-state index < -0.39 is 12.2 Å². The number of hydrogen-bond acceptors (Lipinski definition) is 7. The number of amides is 1. The number of phenols is 1. The molecule has 0 aromatic heterocycles. The Hall–Kier alpha value is -3.55. The van der Waals surface area contributed by atoms with Crippen molar-refractivity contribution in [2.24, 2.45) is 5.10 Å². The predicted octanol–water partition coefficient (Wildman–Crippen LogP) is 2.57. The van der Waals surface area contributed by atoms with E-state index in [1.54, 1.807) is 42.5 Å². The number of benzene rings is 2. The van der Waals surface area contributed by atoms with Crippen molar-refractivity contribution in [3.05, 3.63) is 53.6 Å². The SMILES string of the molecule is COc1cccc([C@H]2OC(c3ccccc3OC(C)=O)=NN2C(C)=O)c1O. The lowest BCUT2D eigenvalue weighted by Gasteiger charge is -2.21. The fourth-order valence-corrected chi connectivity index (χ4v) is 2.67. The van der Waals surface area contributed by atoms with Crippen LogP contribution in [0.15, 0.2) is 47.6 Å². The molecule has 2 aromatic rings. The third-order valence-corrected chi connectivity index (χ3v) is 3.85. The number of methoxy groups -OCH3 is 1. The Kier molecular flexibility index (Phi) is 4.98. The molecule has 1 N–H and O–H groups in total. The molecule has 27 heavy (non-hydrogen) atoms. The van der Waals surface area contributed by atoms with Crippen molar-refractivity contribution in [1.29, 1.82) is 0 Å². The van der Waals surface area contributed by atoms with Gasteiger partial charge in [-0.15, -0.1) is 5.10 Å². The average molecular weight is 370 g/mol. The molecule has 0 aliphatic carbocycles. The number of carbonyl (C=O) groups is 2. The lowest BCUT2D eigenvalue weighted by Crippen LogP contribution is -2.25. The number of rotatable bonds is 4. The molecule has 0 spiro atoms. The third-order valence-electron chi connectivity index (χ3n) is 3.85. The number of nitrogens with zero attached hydrogens (tertiary/aromatic N) is 2. The highest BCUT2D eigenvalue weighted by molar-refractivity contribution is 5.99. The maximum Gasteiger partial charge on any atom is 0.308 e. The lowest BCUT2D eigenvalue weighted by atomic mass is 10.1. The highest BCUT2D eigenvalue weighted by atomic mass is 16.5. The van der Waals surface area contributed by atoms with E-state index in [-0.39, 0.29) is 29.1 Å². The van der Waals surface area contributed by atoms with Gasteiger partial charge in [0.2, 0.25) is 18.0 Å². The molecule has 1 aliphatic rings. The van der Waals surface area contributed by atoms with E-state index >= 15 is 0 Å². The molecular formula is C19H18N2O6. The largest absolute Gasteiger partial charge is 0.504 e. The summed E-state index contributed by atoms with van der Waals surface area (Å²) in [5, 5.41) is 15.7. The van der Waals surface area contributed by atoms with E-state index in [0.29, 0.717) is 11.1 Å². The first kappa shape index (κ1) is 18.2. The zero-order valence-electron chi connectivity index (χ0n) is 15.0. The first-order valence-electron chi connectivity index (χ1n) is 8.11. The molecule has 0 fully saturated rings. The van der Waals surface area contributed by atoms with E-state index in [2.05, 4.69) is 5.10 Å². The smallest absolute Gasteiger partial charge is 0.308 e. The highest BCUT2D eigenvalue weighted by Gasteiger charge is 2.36. The minimum atomic E-state index is -0.988. The second-order valence-corrected chi connectivity index (χ2v) is 5.73. The maximum absolute atomic E-state index is 12.1. The van der Waals surface area contributed by atoms with Crippen molar-refractivity contribution < 1.29 is 28.9 Å². The molecule has 1 aliphatic heterocycles. The van der Waals surface area contributed by atoms with E-state index in [4.69, 9.17) is 14.2 Å². The fourth-order valence-electron chi connectivity index (χ4n) is 2.67. The van der Waals surface area contributed by atoms with Crippen molar-refractivity contribution in [2.75, 3.05) is 7.11 Å². The van der Waals surface area contributed by atoms with Crippen LogP contribution in [0.5, 0.6) is 17.2 Å². The molecule has 1 amide bonds. The Morgan fingerprint density at radius 2 is 1.81 bits per heavy atom. The minimum absolute atomic E-state index is 0.0919. The number of esters is 1. The van der Waals surface area contributed by atoms with E-state index in [0.717, 1.165) is 5.01 Å². The van der Waals surface area contributed by atoms with Gasteiger partial charge in [0, 0.05) is 13.8 Å². The molecule has 3 rings (SSSR count). The van der Waals surface area contributed by atoms with Crippen LogP contribution in [0.3, 0.4) is 0 Å². The van der Waals surface area contributed by atoms with Gasteiger partial charge in [0.25, 0.3) is 0 Å². The Labute approximate surface area is 155 Å². The molecule has 8 heteroatoms. The van der Waals surface area contributed by atoms with Gasteiger partial charge in [-0.1, -0.05) is 18.2 Å². The van der Waals surface area contributed by atoms with Crippen LogP contribution in [0.4, 0.5) is 0 Å². The number of hydrogen-bond donors (Lipinski definition) is 1. The van der Waals surface area contributed by atoms with Crippen LogP contribution in [0.1, 0.15) is 31.2 Å². The quantitative estimate of drug-likeness (QED) is 0.656. The molecular weight excluding hydrogens is 352 g/mol. The summed E-state index contributed by atoms with van der Waals surface area (Å²) in [6.07, 6.45) is -0.988. The zero-order chi connectivity index (χ0) is 19.6. The summed E-state index contributed by atoms with van der Waals surface area (Å²) in [4.78, 5) is 23.4. The summed E-state index contributed by atoms with van der Waals surface area (Å²) in [5.41, 5.74) is 0.720. The Balaban J connectivity index is 2.02. The van der Waals surface area contributed by atoms with E-state index in [1.807, 2.05) is 0 Å². The molecule has 0 bridgehead atoms. The first-order chi connectivity index (χ1) is 12.9. The van der Waals surface area contributed by atoms with Crippen LogP contribution in [0.2, 0.25) is 0 Å². The van der Waals surface area contributed by atoms with Gasteiger partial charge in [-0.25, -0.2) is 0 Å². The fraction of sp³-hybridized carbons (Fsp3) is 0.211. The summed E-state index contributed by atoms with van der Waals surface area (Å²) in [5.74, 6) is -0.444. The van der Waals surface area contributed by atoms with Crippen molar-refractivity contribution in [1.82, 2.24) is 5.01 Å². The highest BCUT2D eigenvalue weighted by Crippen LogP contribution is 2.40. The zero-order valence-corrected chi connectivity index (χ0v) is 15.0. The number of para-hydroxylation sites is 2. The van der Waals surface area contributed by atoms with Gasteiger partial charge in [0.05, 0.1) is 18.2 Å². The van der Waals surface area contributed by atoms with Gasteiger partial charge >= 0.3 is 5.97 Å². The number of aromatic hydroxyl groups is 1. The van der Waals surface area contributed by atoms with Crippen molar-refractivity contribution in [2.45, 2.75) is 20.1 Å². The minimum Gasteiger partial charge on any atom is -0.504 e. The molecule has 0 saturated carbocycles. The summed E-state index contributed by atoms with van der Waals surface area (Å²) in [6.45, 7) is 2.62. The summed E-state index contributed by atoms with van der Waals surface area (Å²) in [7, 11) is 1.42. The van der Waals surface area contributed by atoms with Gasteiger partial charge < -0.3 is 19.3 Å². The Morgan fingerprint density at radius 1 is 1.11 bits per heavy atom. The molecule has 140 valence electrons. The lowest BCUT2D eigenvalue weighted by molar-refractivity contribution is -0.135. The maximum atomic E-state index is 12.1. The Morgan fingerprint density at radius 3 is 2.48 bits per heavy atom. The monoisotopic (exact) mass is 370 g/mol. The van der Waals surface area contributed by atoms with Crippen LogP contribution >= 0.6 is 0 Å². The Bertz CT molecular complexity index is 924. The normalized spacial score (nSPS) is 15.7. The van der Waals surface area contributed by atoms with Crippen molar-refractivity contribution in [3.63, 3.8) is 0 Å². The van der Waals surface area contributed by atoms with Crippen LogP contribution in [-0.4, -0.2) is 35.0 Å². The van der Waals surface area contributed by atoms with E-state index in [9.17, 15) is 14.7 Å². The second-order valence-electron chi connectivity index (χ2n) is 5.73.